The van der Waals surface area contributed by atoms with Gasteiger partial charge in [0.15, 0.2) is 0 Å². The van der Waals surface area contributed by atoms with Gasteiger partial charge in [-0.1, -0.05) is 17.7 Å². The Morgan fingerprint density at radius 2 is 1.89 bits per heavy atom. The fourth-order valence-corrected chi connectivity index (χ4v) is 3.35. The predicted octanol–water partition coefficient (Wildman–Crippen LogP) is 3.97. The van der Waals surface area contributed by atoms with E-state index in [9.17, 15) is 4.79 Å². The number of aromatic nitrogens is 1. The van der Waals surface area contributed by atoms with E-state index in [-0.39, 0.29) is 5.78 Å². The van der Waals surface area contributed by atoms with E-state index in [1.807, 2.05) is 13.8 Å². The average molecular weight is 291 g/mol. The molecule has 0 atom stereocenters. The van der Waals surface area contributed by atoms with Gasteiger partial charge in [-0.3, -0.25) is 4.79 Å². The Kier molecular flexibility index (Phi) is 4.77. The van der Waals surface area contributed by atoms with Crippen molar-refractivity contribution in [3.8, 4) is 0 Å². The lowest BCUT2D eigenvalue weighted by Crippen LogP contribution is -2.05. The highest BCUT2D eigenvalue weighted by Gasteiger charge is 2.09. The molecule has 2 rings (SSSR count). The number of nitrogens with zero attached hydrogens (tertiary/aromatic N) is 1. The number of hydrogen-bond donors (Lipinski definition) is 0. The Bertz CT molecular complexity index is 553. The van der Waals surface area contributed by atoms with Crippen LogP contribution in [0.15, 0.2) is 29.2 Å². The summed E-state index contributed by atoms with van der Waals surface area (Å²) < 4.78 is 0. The maximum Gasteiger partial charge on any atom is 0.149 e. The first-order valence-corrected chi connectivity index (χ1v) is 7.99. The molecular formula is C15H17NOS2. The molecule has 0 fully saturated rings. The third-order valence-electron chi connectivity index (χ3n) is 2.84. The summed E-state index contributed by atoms with van der Waals surface area (Å²) in [4.78, 5) is 18.7. The first-order valence-electron chi connectivity index (χ1n) is 6.18. The summed E-state index contributed by atoms with van der Waals surface area (Å²) in [5.74, 6) is 0.750. The van der Waals surface area contributed by atoms with Crippen molar-refractivity contribution in [3.63, 3.8) is 0 Å². The molecule has 0 saturated heterocycles. The van der Waals surface area contributed by atoms with E-state index < -0.39 is 0 Å². The van der Waals surface area contributed by atoms with Gasteiger partial charge in [0.2, 0.25) is 0 Å². The minimum absolute atomic E-state index is 0.235. The molecule has 0 spiro atoms. The van der Waals surface area contributed by atoms with Crippen molar-refractivity contribution in [2.75, 3.05) is 5.75 Å². The van der Waals surface area contributed by atoms with Gasteiger partial charge in [0.05, 0.1) is 17.9 Å². The van der Waals surface area contributed by atoms with Gasteiger partial charge in [-0.25, -0.2) is 4.98 Å². The molecule has 1 aromatic carbocycles. The van der Waals surface area contributed by atoms with Crippen LogP contribution in [0.5, 0.6) is 0 Å². The molecule has 0 radical (unpaired) electrons. The number of ketones is 1. The quantitative estimate of drug-likeness (QED) is 0.781. The number of hydrogen-bond acceptors (Lipinski definition) is 4. The Morgan fingerprint density at radius 3 is 2.47 bits per heavy atom. The first kappa shape index (κ1) is 14.3. The van der Waals surface area contributed by atoms with Crippen molar-refractivity contribution >= 4 is 28.9 Å². The molecule has 2 aromatic rings. The number of thioether (sulfide) groups is 1. The van der Waals surface area contributed by atoms with Gasteiger partial charge in [-0.15, -0.1) is 23.1 Å². The van der Waals surface area contributed by atoms with E-state index in [1.54, 1.807) is 23.1 Å². The van der Waals surface area contributed by atoms with Gasteiger partial charge in [0.25, 0.3) is 0 Å². The molecule has 100 valence electrons. The van der Waals surface area contributed by atoms with Crippen LogP contribution in [0.1, 0.15) is 21.1 Å². The maximum absolute atomic E-state index is 11.9. The van der Waals surface area contributed by atoms with Crippen molar-refractivity contribution in [1.82, 2.24) is 4.98 Å². The molecule has 0 aliphatic heterocycles. The molecule has 0 unspecified atom stereocenters. The van der Waals surface area contributed by atoms with Gasteiger partial charge < -0.3 is 0 Å². The Morgan fingerprint density at radius 1 is 1.21 bits per heavy atom. The summed E-state index contributed by atoms with van der Waals surface area (Å²) in [6.45, 7) is 6.09. The number of carbonyl (C=O) groups is 1. The van der Waals surface area contributed by atoms with Crippen LogP contribution in [0.2, 0.25) is 0 Å². The van der Waals surface area contributed by atoms with E-state index >= 15 is 0 Å². The van der Waals surface area contributed by atoms with Crippen molar-refractivity contribution in [1.29, 1.82) is 0 Å². The summed E-state index contributed by atoms with van der Waals surface area (Å²) in [5.41, 5.74) is 2.28. The van der Waals surface area contributed by atoms with Gasteiger partial charge in [-0.05, 0) is 32.9 Å². The Labute approximate surface area is 122 Å². The normalized spacial score (nSPS) is 10.7. The zero-order valence-electron chi connectivity index (χ0n) is 11.4. The molecule has 0 saturated carbocycles. The minimum Gasteiger partial charge on any atom is -0.298 e. The third-order valence-corrected chi connectivity index (χ3v) is 4.99. The number of carbonyl (C=O) groups excluding carboxylic acids is 1. The van der Waals surface area contributed by atoms with Crippen molar-refractivity contribution in [3.05, 3.63) is 45.4 Å². The molecule has 1 aromatic heterocycles. The average Bonchev–Trinajstić information content (AvgIpc) is 2.67. The SMILES string of the molecule is Cc1ccc(SCC(=O)Cc2nc(C)c(C)s2)cc1. The lowest BCUT2D eigenvalue weighted by molar-refractivity contribution is -0.116. The second-order valence-electron chi connectivity index (χ2n) is 4.57. The molecule has 0 aliphatic carbocycles. The Hall–Kier alpha value is -1.13. The monoisotopic (exact) mass is 291 g/mol. The van der Waals surface area contributed by atoms with Gasteiger partial charge in [-0.2, -0.15) is 0 Å². The largest absolute Gasteiger partial charge is 0.298 e. The zero-order chi connectivity index (χ0) is 13.8. The summed E-state index contributed by atoms with van der Waals surface area (Å²) in [7, 11) is 0. The van der Waals surface area contributed by atoms with E-state index in [0.29, 0.717) is 12.2 Å². The van der Waals surface area contributed by atoms with Crippen LogP contribution in [-0.2, 0) is 11.2 Å². The molecule has 0 aliphatic rings. The highest BCUT2D eigenvalue weighted by molar-refractivity contribution is 8.00. The maximum atomic E-state index is 11.9. The molecule has 0 N–H and O–H groups in total. The number of Topliss-reactive ketones (excluding diaryl/α,β-unsaturated/α-hetero) is 1. The van der Waals surface area contributed by atoms with Gasteiger partial charge >= 0.3 is 0 Å². The number of thiazole rings is 1. The fourth-order valence-electron chi connectivity index (χ4n) is 1.63. The molecular weight excluding hydrogens is 274 g/mol. The van der Waals surface area contributed by atoms with Crippen molar-refractivity contribution in [2.45, 2.75) is 32.1 Å². The molecule has 2 nitrogen and oxygen atoms in total. The van der Waals surface area contributed by atoms with Crippen LogP contribution in [-0.4, -0.2) is 16.5 Å². The van der Waals surface area contributed by atoms with Crippen LogP contribution < -0.4 is 0 Å². The lowest BCUT2D eigenvalue weighted by atomic mass is 10.2. The minimum atomic E-state index is 0.235. The summed E-state index contributed by atoms with van der Waals surface area (Å²) >= 11 is 3.22. The lowest BCUT2D eigenvalue weighted by Gasteiger charge is -2.01. The van der Waals surface area contributed by atoms with Crippen LogP contribution in [0.3, 0.4) is 0 Å². The van der Waals surface area contributed by atoms with Crippen LogP contribution in [0, 0.1) is 20.8 Å². The fraction of sp³-hybridized carbons (Fsp3) is 0.333. The number of benzene rings is 1. The molecule has 0 amide bonds. The number of aryl methyl sites for hydroxylation is 3. The van der Waals surface area contributed by atoms with E-state index in [1.165, 1.54) is 10.4 Å². The summed E-state index contributed by atoms with van der Waals surface area (Å²) in [6.07, 6.45) is 0.457. The molecule has 0 bridgehead atoms. The van der Waals surface area contributed by atoms with Gasteiger partial charge in [0, 0.05) is 9.77 Å². The summed E-state index contributed by atoms with van der Waals surface area (Å²) in [6, 6.07) is 8.26. The van der Waals surface area contributed by atoms with E-state index in [4.69, 9.17) is 0 Å². The second-order valence-corrected chi connectivity index (χ2v) is 6.90. The third kappa shape index (κ3) is 4.18. The van der Waals surface area contributed by atoms with Crippen LogP contribution in [0.25, 0.3) is 0 Å². The number of rotatable bonds is 5. The van der Waals surface area contributed by atoms with Gasteiger partial charge in [0.1, 0.15) is 10.8 Å². The van der Waals surface area contributed by atoms with Crippen LogP contribution >= 0.6 is 23.1 Å². The summed E-state index contributed by atoms with van der Waals surface area (Å²) in [5, 5.41) is 0.935. The van der Waals surface area contributed by atoms with Crippen molar-refractivity contribution < 1.29 is 4.79 Å². The van der Waals surface area contributed by atoms with E-state index in [2.05, 4.69) is 36.2 Å². The van der Waals surface area contributed by atoms with Crippen LogP contribution in [0.4, 0.5) is 0 Å². The Balaban J connectivity index is 1.86. The second kappa shape index (κ2) is 6.35. The highest BCUT2D eigenvalue weighted by Crippen LogP contribution is 2.21. The predicted molar refractivity (Wildman–Crippen MR) is 82.2 cm³/mol. The standard InChI is InChI=1S/C15H17NOS2/c1-10-4-6-14(7-5-10)18-9-13(17)8-15-16-11(2)12(3)19-15/h4-7H,8-9H2,1-3H3. The van der Waals surface area contributed by atoms with E-state index in [0.717, 1.165) is 15.6 Å². The smallest absolute Gasteiger partial charge is 0.149 e. The van der Waals surface area contributed by atoms with Crippen molar-refractivity contribution in [2.24, 2.45) is 0 Å². The molecule has 19 heavy (non-hydrogen) atoms. The first-order chi connectivity index (χ1) is 9.04. The highest BCUT2D eigenvalue weighted by atomic mass is 32.2. The molecule has 4 heteroatoms. The topological polar surface area (TPSA) is 30.0 Å². The molecule has 1 heterocycles. The zero-order valence-corrected chi connectivity index (χ0v) is 13.0.